The van der Waals surface area contributed by atoms with Crippen molar-refractivity contribution in [1.29, 1.82) is 0 Å². The van der Waals surface area contributed by atoms with Gasteiger partial charge >= 0.3 is 0 Å². The predicted molar refractivity (Wildman–Crippen MR) is 64.2 cm³/mol. The Morgan fingerprint density at radius 3 is 2.67 bits per heavy atom. The lowest BCUT2D eigenvalue weighted by Gasteiger charge is -2.07. The molecule has 0 aliphatic carbocycles. The molecule has 0 saturated heterocycles. The second-order valence-electron chi connectivity index (χ2n) is 3.10. The number of pyridine rings is 1. The maximum absolute atomic E-state index is 5.86. The fraction of sp³-hybridized carbons (Fsp3) is 0.300. The van der Waals surface area contributed by atoms with E-state index >= 15 is 0 Å². The Bertz CT molecular complexity index is 379. The first-order chi connectivity index (χ1) is 7.00. The van der Waals surface area contributed by atoms with Crippen LogP contribution in [0.2, 0.25) is 15.2 Å². The topological polar surface area (TPSA) is 22.1 Å². The van der Waals surface area contributed by atoms with Crippen LogP contribution in [0, 0.1) is 0 Å². The largest absolute Gasteiger partial charge is 0.476 e. The van der Waals surface area contributed by atoms with Crippen LogP contribution in [0.5, 0.6) is 5.88 Å². The summed E-state index contributed by atoms with van der Waals surface area (Å²) in [6, 6.07) is 1.51. The van der Waals surface area contributed by atoms with E-state index in [-0.39, 0.29) is 5.15 Å². The smallest absolute Gasteiger partial charge is 0.234 e. The fourth-order valence-corrected chi connectivity index (χ4v) is 1.40. The zero-order valence-electron chi connectivity index (χ0n) is 8.19. The summed E-state index contributed by atoms with van der Waals surface area (Å²) in [6.07, 6.45) is 0.748. The van der Waals surface area contributed by atoms with Gasteiger partial charge in [0, 0.05) is 6.42 Å². The van der Waals surface area contributed by atoms with Crippen molar-refractivity contribution in [2.75, 3.05) is 6.61 Å². The van der Waals surface area contributed by atoms with Crippen LogP contribution >= 0.6 is 34.8 Å². The summed E-state index contributed by atoms with van der Waals surface area (Å²) in [4.78, 5) is 3.92. The first-order valence-corrected chi connectivity index (χ1v) is 5.43. The van der Waals surface area contributed by atoms with E-state index in [1.165, 1.54) is 6.07 Å². The normalized spacial score (nSPS) is 10.1. The van der Waals surface area contributed by atoms with Crippen molar-refractivity contribution in [3.8, 4) is 5.88 Å². The third kappa shape index (κ3) is 3.90. The van der Waals surface area contributed by atoms with E-state index < -0.39 is 0 Å². The minimum atomic E-state index is 0.186. The van der Waals surface area contributed by atoms with Crippen molar-refractivity contribution < 1.29 is 4.74 Å². The molecule has 1 aromatic rings. The highest BCUT2D eigenvalue weighted by Gasteiger charge is 2.08. The van der Waals surface area contributed by atoms with Gasteiger partial charge in [-0.2, -0.15) is 4.98 Å². The minimum Gasteiger partial charge on any atom is -0.476 e. The molecule has 0 aromatic carbocycles. The van der Waals surface area contributed by atoms with E-state index in [0.717, 1.165) is 12.0 Å². The van der Waals surface area contributed by atoms with Crippen LogP contribution in [0.3, 0.4) is 0 Å². The summed E-state index contributed by atoms with van der Waals surface area (Å²) in [7, 11) is 0. The lowest BCUT2D eigenvalue weighted by molar-refractivity contribution is 0.309. The molecule has 1 rings (SSSR count). The molecule has 0 bridgehead atoms. The van der Waals surface area contributed by atoms with E-state index in [9.17, 15) is 0 Å². The highest BCUT2D eigenvalue weighted by molar-refractivity contribution is 6.42. The Kier molecular flexibility index (Phi) is 4.71. The molecule has 0 saturated carbocycles. The van der Waals surface area contributed by atoms with Crippen LogP contribution in [0.1, 0.15) is 13.3 Å². The average Bonchev–Trinajstić information content (AvgIpc) is 2.13. The number of hydrogen-bond acceptors (Lipinski definition) is 2. The molecule has 15 heavy (non-hydrogen) atoms. The zero-order valence-corrected chi connectivity index (χ0v) is 10.5. The summed E-state index contributed by atoms with van der Waals surface area (Å²) in [5.41, 5.74) is 1.03. The molecule has 1 aromatic heterocycles. The number of hydrogen-bond donors (Lipinski definition) is 0. The molecule has 1 heterocycles. The SMILES string of the molecule is C=C(C)CCOc1nc(Cl)c(Cl)cc1Cl. The number of ether oxygens (including phenoxy) is 1. The molecule has 0 atom stereocenters. The molecule has 0 amide bonds. The summed E-state index contributed by atoms with van der Waals surface area (Å²) < 4.78 is 5.34. The fourth-order valence-electron chi connectivity index (χ4n) is 0.852. The van der Waals surface area contributed by atoms with Gasteiger partial charge in [-0.15, -0.1) is 6.58 Å². The maximum atomic E-state index is 5.86. The first kappa shape index (κ1) is 12.6. The predicted octanol–water partition coefficient (Wildman–Crippen LogP) is 4.39. The zero-order chi connectivity index (χ0) is 11.4. The van der Waals surface area contributed by atoms with Gasteiger partial charge in [0.25, 0.3) is 0 Å². The van der Waals surface area contributed by atoms with Gasteiger partial charge in [-0.3, -0.25) is 0 Å². The number of halogens is 3. The lowest BCUT2D eigenvalue weighted by Crippen LogP contribution is -2.00. The molecule has 0 fully saturated rings. The Balaban J connectivity index is 2.69. The summed E-state index contributed by atoms with van der Waals surface area (Å²) in [6.45, 7) is 6.16. The molecule has 0 aliphatic heterocycles. The van der Waals surface area contributed by atoms with Gasteiger partial charge in [0.05, 0.1) is 11.6 Å². The van der Waals surface area contributed by atoms with Crippen molar-refractivity contribution in [1.82, 2.24) is 4.98 Å². The van der Waals surface area contributed by atoms with Gasteiger partial charge in [-0.05, 0) is 13.0 Å². The second kappa shape index (κ2) is 5.59. The van der Waals surface area contributed by atoms with Crippen LogP contribution in [-0.4, -0.2) is 11.6 Å². The van der Waals surface area contributed by atoms with Crippen LogP contribution in [-0.2, 0) is 0 Å². The van der Waals surface area contributed by atoms with E-state index in [4.69, 9.17) is 39.5 Å². The van der Waals surface area contributed by atoms with Crippen molar-refractivity contribution in [3.63, 3.8) is 0 Å². The second-order valence-corrected chi connectivity index (χ2v) is 4.28. The van der Waals surface area contributed by atoms with Crippen LogP contribution < -0.4 is 4.74 Å². The maximum Gasteiger partial charge on any atom is 0.234 e. The van der Waals surface area contributed by atoms with Crippen molar-refractivity contribution >= 4 is 34.8 Å². The van der Waals surface area contributed by atoms with Gasteiger partial charge in [0.15, 0.2) is 5.15 Å². The standard InChI is InChI=1S/C10H10Cl3NO/c1-6(2)3-4-15-10-8(12)5-7(11)9(13)14-10/h5H,1,3-4H2,2H3. The summed E-state index contributed by atoms with van der Waals surface area (Å²) in [5.74, 6) is 0.298. The molecule has 0 N–H and O–H groups in total. The van der Waals surface area contributed by atoms with Crippen LogP contribution in [0.4, 0.5) is 0 Å². The molecule has 0 unspecified atom stereocenters. The van der Waals surface area contributed by atoms with Gasteiger partial charge in [0.1, 0.15) is 5.02 Å². The van der Waals surface area contributed by atoms with Gasteiger partial charge < -0.3 is 4.74 Å². The number of nitrogens with zero attached hydrogens (tertiary/aromatic N) is 1. The molecule has 0 spiro atoms. The third-order valence-electron chi connectivity index (χ3n) is 1.62. The summed E-state index contributed by atoms with van der Waals surface area (Å²) >= 11 is 17.3. The first-order valence-electron chi connectivity index (χ1n) is 4.29. The monoisotopic (exact) mass is 265 g/mol. The highest BCUT2D eigenvalue weighted by atomic mass is 35.5. The van der Waals surface area contributed by atoms with Gasteiger partial charge in [-0.1, -0.05) is 40.4 Å². The summed E-state index contributed by atoms with van der Waals surface area (Å²) in [5, 5.41) is 0.853. The Hall–Kier alpha value is -0.440. The van der Waals surface area contributed by atoms with E-state index in [1.54, 1.807) is 0 Å². The van der Waals surface area contributed by atoms with Crippen molar-refractivity contribution in [2.45, 2.75) is 13.3 Å². The van der Waals surface area contributed by atoms with Crippen LogP contribution in [0.15, 0.2) is 18.2 Å². The van der Waals surface area contributed by atoms with Crippen LogP contribution in [0.25, 0.3) is 0 Å². The number of aromatic nitrogens is 1. The molecule has 82 valence electrons. The van der Waals surface area contributed by atoms with Gasteiger partial charge in [0.2, 0.25) is 5.88 Å². The molecular formula is C10H10Cl3NO. The van der Waals surface area contributed by atoms with E-state index in [1.807, 2.05) is 6.92 Å². The van der Waals surface area contributed by atoms with E-state index in [2.05, 4.69) is 11.6 Å². The molecule has 5 heteroatoms. The molecular weight excluding hydrogens is 256 g/mol. The Morgan fingerprint density at radius 2 is 2.07 bits per heavy atom. The lowest BCUT2D eigenvalue weighted by atomic mass is 10.3. The number of rotatable bonds is 4. The molecule has 0 aliphatic rings. The minimum absolute atomic E-state index is 0.186. The third-order valence-corrected chi connectivity index (χ3v) is 2.57. The average molecular weight is 267 g/mol. The van der Waals surface area contributed by atoms with Crippen molar-refractivity contribution in [3.05, 3.63) is 33.4 Å². The van der Waals surface area contributed by atoms with E-state index in [0.29, 0.717) is 22.5 Å². The highest BCUT2D eigenvalue weighted by Crippen LogP contribution is 2.30. The Labute approximate surface area is 104 Å². The Morgan fingerprint density at radius 1 is 1.40 bits per heavy atom. The van der Waals surface area contributed by atoms with Crippen molar-refractivity contribution in [2.24, 2.45) is 0 Å². The van der Waals surface area contributed by atoms with Gasteiger partial charge in [-0.25, -0.2) is 0 Å². The molecule has 2 nitrogen and oxygen atoms in total. The molecule has 0 radical (unpaired) electrons. The quantitative estimate of drug-likeness (QED) is 0.596.